The fourth-order valence-electron chi connectivity index (χ4n) is 1.52. The van der Waals surface area contributed by atoms with Crippen LogP contribution in [0.1, 0.15) is 23.7 Å². The lowest BCUT2D eigenvalue weighted by molar-refractivity contribution is -0.116. The second-order valence-corrected chi connectivity index (χ2v) is 5.07. The predicted molar refractivity (Wildman–Crippen MR) is 68.7 cm³/mol. The normalized spacial score (nSPS) is 10.7. The lowest BCUT2D eigenvalue weighted by atomic mass is 10.1. The van der Waals surface area contributed by atoms with Gasteiger partial charge in [0.1, 0.15) is 11.3 Å². The van der Waals surface area contributed by atoms with E-state index in [0.717, 1.165) is 4.70 Å². The summed E-state index contributed by atoms with van der Waals surface area (Å²) in [5, 5.41) is 0.666. The smallest absolute Gasteiger partial charge is 0.181 e. The molecule has 0 radical (unpaired) electrons. The molecule has 0 unspecified atom stereocenters. The van der Waals surface area contributed by atoms with Crippen molar-refractivity contribution < 1.29 is 9.59 Å². The Kier molecular flexibility index (Phi) is 3.13. The molecule has 0 aliphatic rings. The number of carbonyl (C=O) groups is 2. The number of Topliss-reactive ketones (excluding diaryl/α,β-unsaturated/α-hetero) is 2. The molecule has 0 aliphatic heterocycles. The lowest BCUT2D eigenvalue weighted by Crippen LogP contribution is -2.05. The van der Waals surface area contributed by atoms with Crippen LogP contribution < -0.4 is 5.73 Å². The first-order valence-corrected chi connectivity index (χ1v) is 6.05. The van der Waals surface area contributed by atoms with Crippen LogP contribution >= 0.6 is 22.9 Å². The van der Waals surface area contributed by atoms with E-state index >= 15 is 0 Å². The summed E-state index contributed by atoms with van der Waals surface area (Å²) in [5.74, 6) is -0.486. The molecule has 1 aromatic carbocycles. The quantitative estimate of drug-likeness (QED) is 0.686. The number of thiazole rings is 1. The number of anilines is 1. The van der Waals surface area contributed by atoms with Gasteiger partial charge in [-0.2, -0.15) is 0 Å². The summed E-state index contributed by atoms with van der Waals surface area (Å²) in [6, 6.07) is 3.34. The third-order valence-corrected chi connectivity index (χ3v) is 3.46. The van der Waals surface area contributed by atoms with Crippen LogP contribution in [0.2, 0.25) is 5.02 Å². The molecule has 2 N–H and O–H groups in total. The molecule has 6 heteroatoms. The third kappa shape index (κ3) is 2.30. The molecule has 2 aromatic rings. The van der Waals surface area contributed by atoms with E-state index in [1.807, 2.05) is 0 Å². The van der Waals surface area contributed by atoms with Crippen molar-refractivity contribution in [3.05, 3.63) is 22.7 Å². The van der Waals surface area contributed by atoms with Gasteiger partial charge in [0.25, 0.3) is 0 Å². The molecular weight excluding hydrogens is 260 g/mol. The van der Waals surface area contributed by atoms with Crippen LogP contribution in [0.3, 0.4) is 0 Å². The van der Waals surface area contributed by atoms with Gasteiger partial charge in [-0.15, -0.1) is 0 Å². The highest BCUT2D eigenvalue weighted by atomic mass is 35.5. The van der Waals surface area contributed by atoms with Gasteiger partial charge in [-0.05, 0) is 19.1 Å². The van der Waals surface area contributed by atoms with Crippen molar-refractivity contribution in [3.63, 3.8) is 0 Å². The van der Waals surface area contributed by atoms with Crippen LogP contribution in [0.15, 0.2) is 12.1 Å². The number of ketones is 2. The molecular formula is C11H9ClN2O2S. The minimum atomic E-state index is -0.295. The molecule has 1 aromatic heterocycles. The molecule has 0 aliphatic carbocycles. The number of hydrogen-bond donors (Lipinski definition) is 1. The number of fused-ring (bicyclic) bond motifs is 1. The topological polar surface area (TPSA) is 73.0 Å². The summed E-state index contributed by atoms with van der Waals surface area (Å²) >= 11 is 7.39. The zero-order valence-electron chi connectivity index (χ0n) is 8.99. The van der Waals surface area contributed by atoms with Crippen LogP contribution in [0.4, 0.5) is 5.13 Å². The first kappa shape index (κ1) is 12.0. The van der Waals surface area contributed by atoms with Crippen molar-refractivity contribution in [2.24, 2.45) is 0 Å². The Morgan fingerprint density at radius 3 is 2.82 bits per heavy atom. The molecule has 1 heterocycles. The summed E-state index contributed by atoms with van der Waals surface area (Å²) in [7, 11) is 0. The third-order valence-electron chi connectivity index (χ3n) is 2.23. The van der Waals surface area contributed by atoms with E-state index < -0.39 is 0 Å². The zero-order valence-corrected chi connectivity index (χ0v) is 10.6. The first-order chi connectivity index (χ1) is 7.99. The van der Waals surface area contributed by atoms with Crippen molar-refractivity contribution in [1.29, 1.82) is 0 Å². The largest absolute Gasteiger partial charge is 0.375 e. The average molecular weight is 269 g/mol. The predicted octanol–water partition coefficient (Wildman–Crippen LogP) is 2.69. The summed E-state index contributed by atoms with van der Waals surface area (Å²) in [4.78, 5) is 26.7. The number of carbonyl (C=O) groups excluding carboxylic acids is 2. The molecule has 0 saturated heterocycles. The van der Waals surface area contributed by atoms with Gasteiger partial charge < -0.3 is 5.73 Å². The summed E-state index contributed by atoms with van der Waals surface area (Å²) < 4.78 is 0.826. The monoisotopic (exact) mass is 268 g/mol. The maximum atomic E-state index is 11.8. The number of nitrogen functional groups attached to an aromatic ring is 1. The number of halogens is 1. The fraction of sp³-hybridized carbons (Fsp3) is 0.182. The van der Waals surface area contributed by atoms with Gasteiger partial charge in [0, 0.05) is 5.56 Å². The van der Waals surface area contributed by atoms with Gasteiger partial charge in [0.05, 0.1) is 16.1 Å². The maximum Gasteiger partial charge on any atom is 0.181 e. The zero-order chi connectivity index (χ0) is 12.6. The van der Waals surface area contributed by atoms with Crippen molar-refractivity contribution in [3.8, 4) is 0 Å². The van der Waals surface area contributed by atoms with Crippen LogP contribution in [-0.4, -0.2) is 16.6 Å². The second kappa shape index (κ2) is 4.43. The minimum absolute atomic E-state index is 0.148. The molecule has 0 spiro atoms. The minimum Gasteiger partial charge on any atom is -0.375 e. The van der Waals surface area contributed by atoms with Gasteiger partial charge in [0.15, 0.2) is 10.9 Å². The Morgan fingerprint density at radius 1 is 1.47 bits per heavy atom. The first-order valence-electron chi connectivity index (χ1n) is 4.86. The highest BCUT2D eigenvalue weighted by Gasteiger charge is 2.16. The summed E-state index contributed by atoms with van der Waals surface area (Å²) in [6.07, 6.45) is -0.148. The van der Waals surface area contributed by atoms with E-state index in [9.17, 15) is 9.59 Å². The van der Waals surface area contributed by atoms with E-state index in [1.165, 1.54) is 18.3 Å². The Balaban J connectivity index is 2.52. The van der Waals surface area contributed by atoms with Crippen molar-refractivity contribution >= 4 is 49.9 Å². The highest BCUT2D eigenvalue weighted by molar-refractivity contribution is 7.22. The number of rotatable bonds is 3. The Labute approximate surface area is 106 Å². The summed E-state index contributed by atoms with van der Waals surface area (Å²) in [5.41, 5.74) is 6.41. The molecule has 0 amide bonds. The van der Waals surface area contributed by atoms with E-state index in [2.05, 4.69) is 4.98 Å². The second-order valence-electron chi connectivity index (χ2n) is 3.63. The standard InChI is InChI=1S/C11H9ClN2O2S/c1-5(15)4-7(16)6-2-3-8-10(9(6)12)14-11(13)17-8/h2-3H,4H2,1H3,(H2,13,14). The van der Waals surface area contributed by atoms with E-state index in [0.29, 0.717) is 16.2 Å². The molecule has 0 atom stereocenters. The van der Waals surface area contributed by atoms with Crippen LogP contribution in [0, 0.1) is 0 Å². The molecule has 88 valence electrons. The van der Waals surface area contributed by atoms with Gasteiger partial charge in [-0.3, -0.25) is 9.59 Å². The number of benzene rings is 1. The Hall–Kier alpha value is -1.46. The van der Waals surface area contributed by atoms with Gasteiger partial charge in [0.2, 0.25) is 0 Å². The number of nitrogens with zero attached hydrogens (tertiary/aromatic N) is 1. The molecule has 0 saturated carbocycles. The fourth-order valence-corrected chi connectivity index (χ4v) is 2.63. The SMILES string of the molecule is CC(=O)CC(=O)c1ccc2sc(N)nc2c1Cl. The molecule has 2 rings (SSSR count). The van der Waals surface area contributed by atoms with Gasteiger partial charge >= 0.3 is 0 Å². The molecule has 4 nitrogen and oxygen atoms in total. The molecule has 0 fully saturated rings. The molecule has 17 heavy (non-hydrogen) atoms. The Bertz CT molecular complexity index is 621. The average Bonchev–Trinajstić information content (AvgIpc) is 2.58. The van der Waals surface area contributed by atoms with Crippen molar-refractivity contribution in [2.45, 2.75) is 13.3 Å². The van der Waals surface area contributed by atoms with Crippen LogP contribution in [0.5, 0.6) is 0 Å². The van der Waals surface area contributed by atoms with Crippen LogP contribution in [-0.2, 0) is 4.79 Å². The molecule has 0 bridgehead atoms. The highest BCUT2D eigenvalue weighted by Crippen LogP contribution is 2.32. The van der Waals surface area contributed by atoms with E-state index in [1.54, 1.807) is 12.1 Å². The van der Waals surface area contributed by atoms with E-state index in [-0.39, 0.29) is 23.0 Å². The van der Waals surface area contributed by atoms with Gasteiger partial charge in [-0.25, -0.2) is 4.98 Å². The Morgan fingerprint density at radius 2 is 2.18 bits per heavy atom. The van der Waals surface area contributed by atoms with Crippen molar-refractivity contribution in [1.82, 2.24) is 4.98 Å². The number of hydrogen-bond acceptors (Lipinski definition) is 5. The maximum absolute atomic E-state index is 11.8. The number of aromatic nitrogens is 1. The summed E-state index contributed by atoms with van der Waals surface area (Å²) in [6.45, 7) is 1.37. The van der Waals surface area contributed by atoms with Crippen LogP contribution in [0.25, 0.3) is 10.2 Å². The van der Waals surface area contributed by atoms with Gasteiger partial charge in [-0.1, -0.05) is 22.9 Å². The lowest BCUT2D eigenvalue weighted by Gasteiger charge is -2.02. The van der Waals surface area contributed by atoms with Crippen molar-refractivity contribution in [2.75, 3.05) is 5.73 Å². The van der Waals surface area contributed by atoms with E-state index in [4.69, 9.17) is 17.3 Å². The number of nitrogens with two attached hydrogens (primary N) is 1.